The number of carboxylic acid groups (broad SMARTS) is 1. The number of rotatable bonds is 7. The molecule has 0 saturated heterocycles. The van der Waals surface area contributed by atoms with E-state index in [0.29, 0.717) is 13.0 Å². The molecule has 1 aromatic carbocycles. The minimum absolute atomic E-state index is 0.0443. The fraction of sp³-hybridized carbons (Fsp3) is 0.500. The van der Waals surface area contributed by atoms with E-state index in [1.165, 1.54) is 0 Å². The Morgan fingerprint density at radius 2 is 1.89 bits per heavy atom. The van der Waals surface area contributed by atoms with Crippen LogP contribution in [-0.4, -0.2) is 28.3 Å². The minimum atomic E-state index is -0.820. The standard InChI is InChI=1S/C14H21NO3/c1-10(7-11(2)16)15-9-13-6-4-3-5-12(13)8-14(17)18/h3-6,10-11,15-16H,7-9H2,1-2H3,(H,17,18). The number of hydrogen-bond acceptors (Lipinski definition) is 3. The van der Waals surface area contributed by atoms with Crippen LogP contribution in [0.1, 0.15) is 31.4 Å². The first-order valence-corrected chi connectivity index (χ1v) is 6.19. The van der Waals surface area contributed by atoms with Crippen LogP contribution in [0.4, 0.5) is 0 Å². The molecule has 2 atom stereocenters. The van der Waals surface area contributed by atoms with Crippen LogP contribution in [0.5, 0.6) is 0 Å². The SMILES string of the molecule is CC(O)CC(C)NCc1ccccc1CC(=O)O. The highest BCUT2D eigenvalue weighted by Crippen LogP contribution is 2.10. The first-order valence-electron chi connectivity index (χ1n) is 6.19. The highest BCUT2D eigenvalue weighted by Gasteiger charge is 2.09. The third-order valence-corrected chi connectivity index (χ3v) is 2.80. The smallest absolute Gasteiger partial charge is 0.307 e. The second kappa shape index (κ2) is 7.13. The van der Waals surface area contributed by atoms with Crippen LogP contribution in [0.25, 0.3) is 0 Å². The van der Waals surface area contributed by atoms with Gasteiger partial charge in [-0.15, -0.1) is 0 Å². The van der Waals surface area contributed by atoms with Crippen molar-refractivity contribution in [1.29, 1.82) is 0 Å². The number of benzene rings is 1. The summed E-state index contributed by atoms with van der Waals surface area (Å²) in [5, 5.41) is 21.4. The van der Waals surface area contributed by atoms with Gasteiger partial charge in [-0.1, -0.05) is 24.3 Å². The van der Waals surface area contributed by atoms with Gasteiger partial charge in [-0.05, 0) is 31.4 Å². The predicted molar refractivity (Wildman–Crippen MR) is 70.4 cm³/mol. The van der Waals surface area contributed by atoms with Crippen LogP contribution in [0.3, 0.4) is 0 Å². The summed E-state index contributed by atoms with van der Waals surface area (Å²) in [7, 11) is 0. The van der Waals surface area contributed by atoms with Crippen molar-refractivity contribution in [2.24, 2.45) is 0 Å². The van der Waals surface area contributed by atoms with Gasteiger partial charge in [0.1, 0.15) is 0 Å². The molecule has 4 nitrogen and oxygen atoms in total. The summed E-state index contributed by atoms with van der Waals surface area (Å²) in [6.07, 6.45) is 0.394. The maximum Gasteiger partial charge on any atom is 0.307 e. The number of carbonyl (C=O) groups is 1. The van der Waals surface area contributed by atoms with E-state index in [2.05, 4.69) is 5.32 Å². The summed E-state index contributed by atoms with van der Waals surface area (Å²) < 4.78 is 0. The van der Waals surface area contributed by atoms with E-state index in [1.807, 2.05) is 31.2 Å². The van der Waals surface area contributed by atoms with Crippen molar-refractivity contribution in [2.75, 3.05) is 0 Å². The van der Waals surface area contributed by atoms with Gasteiger partial charge in [-0.25, -0.2) is 0 Å². The molecule has 3 N–H and O–H groups in total. The van der Waals surface area contributed by atoms with Gasteiger partial charge >= 0.3 is 5.97 Å². The lowest BCUT2D eigenvalue weighted by Crippen LogP contribution is -2.29. The molecule has 18 heavy (non-hydrogen) atoms. The average Bonchev–Trinajstić information content (AvgIpc) is 2.26. The van der Waals surface area contributed by atoms with Crippen molar-refractivity contribution < 1.29 is 15.0 Å². The molecule has 0 bridgehead atoms. The highest BCUT2D eigenvalue weighted by molar-refractivity contribution is 5.70. The maximum atomic E-state index is 10.8. The van der Waals surface area contributed by atoms with E-state index in [4.69, 9.17) is 5.11 Å². The van der Waals surface area contributed by atoms with Crippen LogP contribution in [0.2, 0.25) is 0 Å². The number of aliphatic carboxylic acids is 1. The molecule has 0 saturated carbocycles. The Hall–Kier alpha value is -1.39. The molecule has 0 radical (unpaired) electrons. The van der Waals surface area contributed by atoms with Crippen molar-refractivity contribution in [3.8, 4) is 0 Å². The lowest BCUT2D eigenvalue weighted by molar-refractivity contribution is -0.136. The zero-order chi connectivity index (χ0) is 13.5. The number of aliphatic hydroxyl groups is 1. The van der Waals surface area contributed by atoms with Crippen LogP contribution in [0, 0.1) is 0 Å². The maximum absolute atomic E-state index is 10.8. The summed E-state index contributed by atoms with van der Waals surface area (Å²) in [5.74, 6) is -0.820. The molecule has 4 heteroatoms. The van der Waals surface area contributed by atoms with E-state index >= 15 is 0 Å². The Balaban J connectivity index is 2.58. The molecule has 0 spiro atoms. The van der Waals surface area contributed by atoms with E-state index in [1.54, 1.807) is 6.92 Å². The van der Waals surface area contributed by atoms with Gasteiger partial charge in [0, 0.05) is 12.6 Å². The van der Waals surface area contributed by atoms with E-state index in [-0.39, 0.29) is 18.6 Å². The fourth-order valence-electron chi connectivity index (χ4n) is 1.94. The second-order valence-corrected chi connectivity index (χ2v) is 4.71. The van der Waals surface area contributed by atoms with Gasteiger partial charge in [0.25, 0.3) is 0 Å². The van der Waals surface area contributed by atoms with Gasteiger partial charge in [0.2, 0.25) is 0 Å². The molecule has 0 aliphatic rings. The topological polar surface area (TPSA) is 69.6 Å². The monoisotopic (exact) mass is 251 g/mol. The molecule has 0 amide bonds. The first kappa shape index (κ1) is 14.7. The summed E-state index contributed by atoms with van der Waals surface area (Å²) in [5.41, 5.74) is 1.83. The Labute approximate surface area is 108 Å². The number of hydrogen-bond donors (Lipinski definition) is 3. The van der Waals surface area contributed by atoms with Gasteiger partial charge in [0.05, 0.1) is 12.5 Å². The third-order valence-electron chi connectivity index (χ3n) is 2.80. The third kappa shape index (κ3) is 5.29. The predicted octanol–water partition coefficient (Wildman–Crippen LogP) is 1.56. The quantitative estimate of drug-likeness (QED) is 0.688. The Morgan fingerprint density at radius 3 is 2.44 bits per heavy atom. The molecule has 0 aliphatic carbocycles. The molecule has 0 heterocycles. The van der Waals surface area contributed by atoms with Crippen molar-refractivity contribution in [3.05, 3.63) is 35.4 Å². The van der Waals surface area contributed by atoms with Gasteiger partial charge in [0.15, 0.2) is 0 Å². The zero-order valence-corrected chi connectivity index (χ0v) is 10.9. The molecule has 100 valence electrons. The average molecular weight is 251 g/mol. The molecule has 0 fully saturated rings. The number of carboxylic acids is 1. The molecule has 1 aromatic rings. The number of nitrogens with one attached hydrogen (secondary N) is 1. The molecule has 0 aliphatic heterocycles. The highest BCUT2D eigenvalue weighted by atomic mass is 16.4. The minimum Gasteiger partial charge on any atom is -0.481 e. The van der Waals surface area contributed by atoms with Crippen molar-refractivity contribution in [2.45, 2.75) is 45.4 Å². The van der Waals surface area contributed by atoms with Crippen molar-refractivity contribution in [1.82, 2.24) is 5.32 Å². The summed E-state index contributed by atoms with van der Waals surface area (Å²) in [6.45, 7) is 4.39. The van der Waals surface area contributed by atoms with Crippen LogP contribution >= 0.6 is 0 Å². The normalized spacial score (nSPS) is 14.2. The molecular weight excluding hydrogens is 230 g/mol. The van der Waals surface area contributed by atoms with E-state index < -0.39 is 5.97 Å². The lowest BCUT2D eigenvalue weighted by Gasteiger charge is -2.16. The Kier molecular flexibility index (Phi) is 5.82. The molecule has 0 aromatic heterocycles. The van der Waals surface area contributed by atoms with Crippen molar-refractivity contribution >= 4 is 5.97 Å². The number of aliphatic hydroxyl groups excluding tert-OH is 1. The first-order chi connectivity index (χ1) is 8.49. The van der Waals surface area contributed by atoms with E-state index in [9.17, 15) is 9.90 Å². The van der Waals surface area contributed by atoms with E-state index in [0.717, 1.165) is 11.1 Å². The van der Waals surface area contributed by atoms with Crippen LogP contribution in [-0.2, 0) is 17.8 Å². The fourth-order valence-corrected chi connectivity index (χ4v) is 1.94. The summed E-state index contributed by atoms with van der Waals surface area (Å²) in [4.78, 5) is 10.8. The second-order valence-electron chi connectivity index (χ2n) is 4.71. The van der Waals surface area contributed by atoms with Crippen molar-refractivity contribution in [3.63, 3.8) is 0 Å². The molecule has 1 rings (SSSR count). The van der Waals surface area contributed by atoms with Gasteiger partial charge in [-0.2, -0.15) is 0 Å². The largest absolute Gasteiger partial charge is 0.481 e. The zero-order valence-electron chi connectivity index (χ0n) is 10.9. The Morgan fingerprint density at radius 1 is 1.28 bits per heavy atom. The van der Waals surface area contributed by atoms with Gasteiger partial charge in [-0.3, -0.25) is 4.79 Å². The lowest BCUT2D eigenvalue weighted by atomic mass is 10.0. The van der Waals surface area contributed by atoms with Crippen LogP contribution in [0.15, 0.2) is 24.3 Å². The summed E-state index contributed by atoms with van der Waals surface area (Å²) in [6, 6.07) is 7.72. The molecule has 2 unspecified atom stereocenters. The Bertz CT molecular complexity index is 390. The summed E-state index contributed by atoms with van der Waals surface area (Å²) >= 11 is 0. The molecular formula is C14H21NO3. The van der Waals surface area contributed by atoms with Crippen LogP contribution < -0.4 is 5.32 Å². The van der Waals surface area contributed by atoms with Gasteiger partial charge < -0.3 is 15.5 Å².